The molecular weight excluding hydrogens is 1680 g/mol. The Hall–Kier alpha value is 2.46. The van der Waals surface area contributed by atoms with Gasteiger partial charge in [-0.25, -0.2) is 5.26 Å². The second kappa shape index (κ2) is 23.6. The molecule has 0 radical (unpaired) electrons. The molecule has 0 aliphatic rings. The normalized spacial score (nSPS) is 9.91. The third kappa shape index (κ3) is 14.3. The zero-order valence-corrected chi connectivity index (χ0v) is 38.0. The molecule has 4 N–H and O–H groups in total. The number of azo groups is 2. The van der Waals surface area contributed by atoms with Crippen LogP contribution in [-0.4, -0.2) is 37.1 Å². The fraction of sp³-hybridized carbons (Fsp3) is 0.167. The molecule has 0 fully saturated rings. The molecule has 2 aromatic rings. The summed E-state index contributed by atoms with van der Waals surface area (Å²) < 4.78 is 36.2. The van der Waals surface area contributed by atoms with Gasteiger partial charge in [0.25, 0.3) is 10.1 Å². The Morgan fingerprint density at radius 3 is 2.09 bits per heavy atom. The second-order valence-electron chi connectivity index (χ2n) is 4.57. The Morgan fingerprint density at radius 1 is 1.03 bits per heavy atom. The number of nitrogens with one attached hydrogen (secondary N) is 1. The summed E-state index contributed by atoms with van der Waals surface area (Å²) in [4.78, 5) is -0.544. The van der Waals surface area contributed by atoms with Crippen molar-refractivity contribution < 1.29 is 180 Å². The number of phenolic OH excluding ortho intramolecular Hbond substituents is 1. The van der Waals surface area contributed by atoms with E-state index in [1.165, 1.54) is 13.1 Å². The first-order valence-electron chi connectivity index (χ1n) is 6.60. The number of aromatic hydroxyl groups is 1. The summed E-state index contributed by atoms with van der Waals surface area (Å²) in [6.07, 6.45) is 0. The number of nitrogens with zero attached hydrogens (tertiary/aromatic N) is 4. The van der Waals surface area contributed by atoms with Gasteiger partial charge in [-0.15, -0.1) is 15.1 Å². The van der Waals surface area contributed by atoms with Crippen LogP contribution >= 0.6 is 12.0 Å². The summed E-state index contributed by atoms with van der Waals surface area (Å²) in [5, 5.41) is 37.0. The van der Waals surface area contributed by atoms with Gasteiger partial charge >= 0.3 is 0 Å². The van der Waals surface area contributed by atoms with Crippen LogP contribution in [0.1, 0.15) is 0 Å². The quantitative estimate of drug-likeness (QED) is 0.122. The summed E-state index contributed by atoms with van der Waals surface area (Å²) in [6, 6.07) is 3.39. The maximum Gasteiger partial charge on any atom is 0.293 e. The first-order chi connectivity index (χ1) is 12.3. The van der Waals surface area contributed by atoms with Crippen LogP contribution in [0.25, 0.3) is 16.5 Å². The Kier molecular flexibility index (Phi) is 34.6. The van der Waals surface area contributed by atoms with Crippen LogP contribution in [0, 0.1) is 0 Å². The van der Waals surface area contributed by atoms with Gasteiger partial charge in [-0.2, -0.15) is 23.8 Å². The molecule has 0 aliphatic carbocycles. The maximum absolute atomic E-state index is 11.3. The van der Waals surface area contributed by atoms with Gasteiger partial charge in [-0.1, -0.05) is 11.1 Å². The summed E-state index contributed by atoms with van der Waals surface area (Å²) in [5.74, 6) is -0.431. The molecule has 0 bridgehead atoms. The number of fused-ring (bicyclic) bond motifs is 1. The topological polar surface area (TPSA) is 187 Å². The van der Waals surface area contributed by atoms with E-state index in [1.54, 1.807) is 0 Å². The van der Waals surface area contributed by atoms with E-state index in [2.05, 4.69) is 29.8 Å². The number of rotatable bonds is 7. The summed E-state index contributed by atoms with van der Waals surface area (Å²) in [7, 11) is -3.19. The average Bonchev–Trinajstić information content (AvgIpc) is 2.58. The van der Waals surface area contributed by atoms with Crippen molar-refractivity contribution in [3.63, 3.8) is 0 Å². The fourth-order valence-corrected chi connectivity index (χ4v) is 3.10. The van der Waals surface area contributed by atoms with Crippen molar-refractivity contribution in [1.29, 1.82) is 0 Å². The molecule has 0 saturated carbocycles. The number of benzene rings is 2. The molecule has 0 unspecified atom stereocenters. The van der Waals surface area contributed by atoms with E-state index < -0.39 is 26.5 Å². The smallest absolute Gasteiger partial charge is 0.293 e. The van der Waals surface area contributed by atoms with E-state index in [1.807, 2.05) is 0 Å². The van der Waals surface area contributed by atoms with Crippen molar-refractivity contribution in [2.45, 2.75) is 9.79 Å². The van der Waals surface area contributed by atoms with Crippen LogP contribution in [0.5, 0.6) is 5.75 Å². The van der Waals surface area contributed by atoms with Crippen molar-refractivity contribution in [3.8, 4) is 5.75 Å². The minimum absolute atomic E-state index is 0. The largest absolute Gasteiger partial charge is 0.698 e. The van der Waals surface area contributed by atoms with E-state index in [4.69, 9.17) is 11.0 Å². The summed E-state index contributed by atoms with van der Waals surface area (Å²) in [5.41, 5.74) is 7.11. The van der Waals surface area contributed by atoms with Gasteiger partial charge in [0.2, 0.25) is 0 Å². The number of phenols is 1. The van der Waals surface area contributed by atoms with E-state index in [-0.39, 0.29) is 175 Å². The molecule has 0 aliphatic heterocycles. The molecule has 0 saturated heterocycles. The van der Waals surface area contributed by atoms with Gasteiger partial charge in [0.15, 0.2) is 12.4 Å². The molecular formula is C12H12N5O7S2W7-. The SMILES string of the molecule is CN=NCN=Nc1c(SOOO)cc2cc(S(=O)(=O)O)c([NH-])cc2c1O.[W].[W].[W].[W].[W].[W].[W]. The van der Waals surface area contributed by atoms with E-state index in [0.29, 0.717) is 12.0 Å². The van der Waals surface area contributed by atoms with Crippen LogP contribution < -0.4 is 0 Å². The van der Waals surface area contributed by atoms with Crippen molar-refractivity contribution in [3.05, 3.63) is 23.9 Å². The average molecular weight is 1690 g/mol. The van der Waals surface area contributed by atoms with Crippen LogP contribution in [0.3, 0.4) is 0 Å². The predicted molar refractivity (Wildman–Crippen MR) is 90.2 cm³/mol. The van der Waals surface area contributed by atoms with Crippen molar-refractivity contribution in [2.75, 3.05) is 13.7 Å². The Bertz CT molecular complexity index is 1000. The fourth-order valence-electron chi connectivity index (χ4n) is 1.99. The first-order valence-corrected chi connectivity index (χ1v) is 8.78. The summed E-state index contributed by atoms with van der Waals surface area (Å²) in [6.45, 7) is -0.110. The monoisotopic (exact) mass is 1690 g/mol. The third-order valence-electron chi connectivity index (χ3n) is 3.02. The second-order valence-corrected chi connectivity index (χ2v) is 6.70. The molecule has 2 aromatic carbocycles. The zero-order valence-electron chi connectivity index (χ0n) is 15.9. The van der Waals surface area contributed by atoms with Gasteiger partial charge in [-0.05, 0) is 17.5 Å². The van der Waals surface area contributed by atoms with Gasteiger partial charge in [0.1, 0.15) is 5.69 Å². The van der Waals surface area contributed by atoms with E-state index in [9.17, 15) is 18.1 Å². The minimum Gasteiger partial charge on any atom is -0.698 e. The number of hydrogen-bond acceptors (Lipinski definition) is 11. The van der Waals surface area contributed by atoms with Crippen LogP contribution in [0.15, 0.2) is 48.4 Å². The van der Waals surface area contributed by atoms with Gasteiger partial charge in [0.05, 0.1) is 21.8 Å². The molecule has 182 valence electrons. The number of hydrogen-bond donors (Lipinski definition) is 3. The molecule has 0 heterocycles. The van der Waals surface area contributed by atoms with Crippen LogP contribution in [0.4, 0.5) is 11.4 Å². The van der Waals surface area contributed by atoms with E-state index in [0.717, 1.165) is 12.1 Å². The Balaban J connectivity index is -0.000000260. The maximum atomic E-state index is 11.3. The molecule has 0 amide bonds. The van der Waals surface area contributed by atoms with Crippen molar-refractivity contribution in [2.24, 2.45) is 20.5 Å². The molecule has 21 heteroatoms. The zero-order chi connectivity index (χ0) is 19.3. The van der Waals surface area contributed by atoms with Crippen molar-refractivity contribution >= 4 is 44.3 Å². The Labute approximate surface area is 293 Å². The Morgan fingerprint density at radius 2 is 1.61 bits per heavy atom. The third-order valence-corrected chi connectivity index (χ3v) is 4.54. The molecule has 12 nitrogen and oxygen atoms in total. The molecule has 2 rings (SSSR count). The summed E-state index contributed by atoms with van der Waals surface area (Å²) >= 11 is 0.459. The van der Waals surface area contributed by atoms with Crippen molar-refractivity contribution in [1.82, 2.24) is 0 Å². The molecule has 0 spiro atoms. The minimum atomic E-state index is -4.63. The van der Waals surface area contributed by atoms with Gasteiger partial charge in [-0.3, -0.25) is 4.55 Å². The van der Waals surface area contributed by atoms with Crippen LogP contribution in [-0.2, 0) is 167 Å². The van der Waals surface area contributed by atoms with Gasteiger partial charge in [0, 0.05) is 160 Å². The molecule has 0 aromatic heterocycles. The molecule has 33 heavy (non-hydrogen) atoms. The van der Waals surface area contributed by atoms with E-state index >= 15 is 0 Å². The standard InChI is InChI=1S/C12H12N5O7S2.7W/c1-14-15-5-16-17-11-9(25-24-23-19)2-6-3-10(26(20,21)22)8(13)4-7(6)12(11)18;;;;;;;/h2-4H,5H2,1H3,(H4-,13,14,15,16,17,18,19,20,21,22);;;;;;;/q-1;;;;;;;. The van der Waals surface area contributed by atoms with Gasteiger partial charge < -0.3 is 10.8 Å². The predicted octanol–water partition coefficient (Wildman–Crippen LogP) is 4.01. The first kappa shape index (κ1) is 48.5. The van der Waals surface area contributed by atoms with Crippen LogP contribution in [0.2, 0.25) is 0 Å². The molecule has 0 atom stereocenters.